The molecule has 102 valence electrons. The number of amides is 1. The molecule has 0 aromatic carbocycles. The highest BCUT2D eigenvalue weighted by molar-refractivity contribution is 5.81. The Morgan fingerprint density at radius 3 is 2.44 bits per heavy atom. The highest BCUT2D eigenvalue weighted by atomic mass is 16.4. The monoisotopic (exact) mass is 255 g/mol. The van der Waals surface area contributed by atoms with Gasteiger partial charge in [-0.1, -0.05) is 0 Å². The van der Waals surface area contributed by atoms with Crippen LogP contribution in [-0.2, 0) is 9.59 Å². The lowest BCUT2D eigenvalue weighted by Crippen LogP contribution is -2.45. The lowest BCUT2D eigenvalue weighted by Gasteiger charge is -2.29. The molecule has 0 atom stereocenters. The van der Waals surface area contributed by atoms with Crippen molar-refractivity contribution in [2.45, 2.75) is 31.7 Å². The number of carboxylic acid groups (broad SMARTS) is 1. The van der Waals surface area contributed by atoms with Crippen LogP contribution in [0.25, 0.3) is 0 Å². The zero-order valence-electron chi connectivity index (χ0n) is 10.5. The Hall–Kier alpha value is -1.14. The summed E-state index contributed by atoms with van der Waals surface area (Å²) in [5.74, 6) is -0.884. The maximum atomic E-state index is 11.7. The fourth-order valence-electron chi connectivity index (χ4n) is 2.25. The van der Waals surface area contributed by atoms with E-state index in [0.29, 0.717) is 19.4 Å². The third kappa shape index (κ3) is 3.20. The van der Waals surface area contributed by atoms with Crippen LogP contribution in [0.15, 0.2) is 0 Å². The van der Waals surface area contributed by atoms with Crippen molar-refractivity contribution in [3.05, 3.63) is 0 Å². The fraction of sp³-hybridized carbons (Fsp3) is 0.833. The van der Waals surface area contributed by atoms with Crippen molar-refractivity contribution in [3.63, 3.8) is 0 Å². The van der Waals surface area contributed by atoms with Crippen LogP contribution in [0.4, 0.5) is 0 Å². The van der Waals surface area contributed by atoms with Gasteiger partial charge in [-0.25, -0.2) is 0 Å². The molecule has 1 heterocycles. The largest absolute Gasteiger partial charge is 0.481 e. The molecular formula is C12H21N3O3. The van der Waals surface area contributed by atoms with Gasteiger partial charge in [0, 0.05) is 25.7 Å². The summed E-state index contributed by atoms with van der Waals surface area (Å²) < 4.78 is 0. The number of likely N-dealkylation sites (tertiary alicyclic amines) is 1. The van der Waals surface area contributed by atoms with Gasteiger partial charge in [0.15, 0.2) is 0 Å². The van der Waals surface area contributed by atoms with Crippen molar-refractivity contribution in [2.24, 2.45) is 11.1 Å². The molecule has 0 bridgehead atoms. The van der Waals surface area contributed by atoms with E-state index in [2.05, 4.69) is 10.2 Å². The first-order chi connectivity index (χ1) is 8.52. The molecule has 0 aromatic heterocycles. The molecule has 0 spiro atoms. The summed E-state index contributed by atoms with van der Waals surface area (Å²) in [4.78, 5) is 24.7. The van der Waals surface area contributed by atoms with Crippen molar-refractivity contribution in [2.75, 3.05) is 26.2 Å². The van der Waals surface area contributed by atoms with E-state index in [0.717, 1.165) is 25.9 Å². The Labute approximate surface area is 107 Å². The molecule has 1 saturated carbocycles. The van der Waals surface area contributed by atoms with Crippen molar-refractivity contribution >= 4 is 11.9 Å². The highest BCUT2D eigenvalue weighted by Gasteiger charge is 2.50. The topological polar surface area (TPSA) is 95.7 Å². The van der Waals surface area contributed by atoms with Crippen molar-refractivity contribution in [1.82, 2.24) is 10.2 Å². The average Bonchev–Trinajstić information content (AvgIpc) is 3.11. The number of piperidine rings is 1. The summed E-state index contributed by atoms with van der Waals surface area (Å²) in [5, 5.41) is 11.7. The van der Waals surface area contributed by atoms with E-state index in [9.17, 15) is 9.59 Å². The first kappa shape index (κ1) is 13.3. The molecule has 1 aliphatic carbocycles. The molecule has 0 radical (unpaired) electrons. The summed E-state index contributed by atoms with van der Waals surface area (Å²) in [6.45, 7) is 2.30. The summed E-state index contributed by atoms with van der Waals surface area (Å²) in [5.41, 5.74) is 5.11. The minimum atomic E-state index is -0.799. The lowest BCUT2D eigenvalue weighted by atomic mass is 10.1. The molecule has 2 rings (SSSR count). The SMILES string of the molecule is NC1CCN(CC(=O)NCC2(C(=O)O)CC2)CC1. The molecule has 2 fully saturated rings. The molecule has 4 N–H and O–H groups in total. The van der Waals surface area contributed by atoms with Crippen molar-refractivity contribution < 1.29 is 14.7 Å². The standard InChI is InChI=1S/C12H21N3O3/c13-9-1-5-15(6-2-9)7-10(16)14-8-12(3-4-12)11(17)18/h9H,1-8,13H2,(H,14,16)(H,17,18). The Morgan fingerprint density at radius 2 is 1.94 bits per heavy atom. The van der Waals surface area contributed by atoms with Gasteiger partial charge in [-0.3, -0.25) is 14.5 Å². The van der Waals surface area contributed by atoms with Crippen molar-refractivity contribution in [1.29, 1.82) is 0 Å². The first-order valence-electron chi connectivity index (χ1n) is 6.50. The maximum absolute atomic E-state index is 11.7. The molecule has 1 saturated heterocycles. The number of aliphatic carboxylic acids is 1. The predicted octanol–water partition coefficient (Wildman–Crippen LogP) is -0.609. The van der Waals surface area contributed by atoms with Gasteiger partial charge in [0.1, 0.15) is 0 Å². The van der Waals surface area contributed by atoms with E-state index >= 15 is 0 Å². The van der Waals surface area contributed by atoms with Gasteiger partial charge in [0.05, 0.1) is 12.0 Å². The molecule has 0 unspecified atom stereocenters. The van der Waals surface area contributed by atoms with E-state index in [1.807, 2.05) is 0 Å². The molecule has 1 amide bonds. The minimum Gasteiger partial charge on any atom is -0.481 e. The zero-order valence-corrected chi connectivity index (χ0v) is 10.5. The third-order valence-corrected chi connectivity index (χ3v) is 3.93. The Morgan fingerprint density at radius 1 is 1.33 bits per heavy atom. The van der Waals surface area contributed by atoms with Crippen LogP contribution in [0.1, 0.15) is 25.7 Å². The average molecular weight is 255 g/mol. The second kappa shape index (κ2) is 5.24. The van der Waals surface area contributed by atoms with Gasteiger partial charge in [-0.2, -0.15) is 0 Å². The van der Waals surface area contributed by atoms with Gasteiger partial charge in [0.25, 0.3) is 0 Å². The Kier molecular flexibility index (Phi) is 3.87. The number of nitrogens with two attached hydrogens (primary N) is 1. The van der Waals surface area contributed by atoms with Gasteiger partial charge in [0.2, 0.25) is 5.91 Å². The van der Waals surface area contributed by atoms with Crippen LogP contribution in [0.2, 0.25) is 0 Å². The Balaban J connectivity index is 1.68. The third-order valence-electron chi connectivity index (χ3n) is 3.93. The van der Waals surface area contributed by atoms with E-state index in [4.69, 9.17) is 10.8 Å². The molecule has 2 aliphatic rings. The summed E-state index contributed by atoms with van der Waals surface area (Å²) in [6.07, 6.45) is 3.18. The van der Waals surface area contributed by atoms with E-state index in [1.165, 1.54) is 0 Å². The van der Waals surface area contributed by atoms with Crippen molar-refractivity contribution in [3.8, 4) is 0 Å². The van der Waals surface area contributed by atoms with Gasteiger partial charge in [-0.05, 0) is 25.7 Å². The number of hydrogen-bond acceptors (Lipinski definition) is 4. The Bertz CT molecular complexity index is 333. The second-order valence-electron chi connectivity index (χ2n) is 5.48. The molecule has 6 heteroatoms. The number of rotatable bonds is 5. The number of nitrogens with zero attached hydrogens (tertiary/aromatic N) is 1. The molecule has 18 heavy (non-hydrogen) atoms. The quantitative estimate of drug-likeness (QED) is 0.609. The number of nitrogens with one attached hydrogen (secondary N) is 1. The van der Waals surface area contributed by atoms with Gasteiger partial charge < -0.3 is 16.2 Å². The highest BCUT2D eigenvalue weighted by Crippen LogP contribution is 2.45. The molecule has 1 aliphatic heterocycles. The lowest BCUT2D eigenvalue weighted by molar-refractivity contribution is -0.143. The summed E-state index contributed by atoms with van der Waals surface area (Å²) in [6, 6.07) is 0.256. The zero-order chi connectivity index (χ0) is 13.2. The second-order valence-corrected chi connectivity index (χ2v) is 5.48. The normalized spacial score (nSPS) is 23.6. The maximum Gasteiger partial charge on any atom is 0.311 e. The van der Waals surface area contributed by atoms with E-state index < -0.39 is 11.4 Å². The smallest absolute Gasteiger partial charge is 0.311 e. The van der Waals surface area contributed by atoms with Crippen LogP contribution in [0.3, 0.4) is 0 Å². The van der Waals surface area contributed by atoms with Crippen LogP contribution < -0.4 is 11.1 Å². The summed E-state index contributed by atoms with van der Waals surface area (Å²) in [7, 11) is 0. The number of carbonyl (C=O) groups excluding carboxylic acids is 1. The fourth-order valence-corrected chi connectivity index (χ4v) is 2.25. The molecule has 0 aromatic rings. The predicted molar refractivity (Wildman–Crippen MR) is 66.0 cm³/mol. The van der Waals surface area contributed by atoms with E-state index in [-0.39, 0.29) is 18.5 Å². The molecule has 6 nitrogen and oxygen atoms in total. The summed E-state index contributed by atoms with van der Waals surface area (Å²) >= 11 is 0. The van der Waals surface area contributed by atoms with Crippen LogP contribution in [-0.4, -0.2) is 54.1 Å². The van der Waals surface area contributed by atoms with Gasteiger partial charge >= 0.3 is 5.97 Å². The molecular weight excluding hydrogens is 234 g/mol. The van der Waals surface area contributed by atoms with E-state index in [1.54, 1.807) is 0 Å². The van der Waals surface area contributed by atoms with Crippen LogP contribution >= 0.6 is 0 Å². The van der Waals surface area contributed by atoms with Gasteiger partial charge in [-0.15, -0.1) is 0 Å². The first-order valence-corrected chi connectivity index (χ1v) is 6.50. The minimum absolute atomic E-state index is 0.0852. The number of carboxylic acids is 1. The van der Waals surface area contributed by atoms with Crippen LogP contribution in [0.5, 0.6) is 0 Å². The number of carbonyl (C=O) groups is 2. The number of hydrogen-bond donors (Lipinski definition) is 3. The van der Waals surface area contributed by atoms with Crippen LogP contribution in [0, 0.1) is 5.41 Å².